The highest BCUT2D eigenvalue weighted by atomic mass is 16.5. The van der Waals surface area contributed by atoms with E-state index in [4.69, 9.17) is 19.2 Å². The van der Waals surface area contributed by atoms with Crippen LogP contribution in [0.5, 0.6) is 5.75 Å². The average molecular weight is 499 g/mol. The molecule has 0 N–H and O–H groups in total. The highest BCUT2D eigenvalue weighted by Gasteiger charge is 2.30. The van der Waals surface area contributed by atoms with Crippen molar-refractivity contribution in [2.75, 3.05) is 33.4 Å². The Bertz CT molecular complexity index is 1290. The lowest BCUT2D eigenvalue weighted by Crippen LogP contribution is -2.54. The summed E-state index contributed by atoms with van der Waals surface area (Å²) < 4.78 is 16.7. The van der Waals surface area contributed by atoms with E-state index in [0.29, 0.717) is 56.3 Å². The molecular formula is C29H30N4O4. The molecule has 8 nitrogen and oxygen atoms in total. The van der Waals surface area contributed by atoms with E-state index in [1.165, 1.54) is 0 Å². The van der Waals surface area contributed by atoms with E-state index in [0.717, 1.165) is 35.2 Å². The van der Waals surface area contributed by atoms with Gasteiger partial charge in [-0.2, -0.15) is 5.26 Å². The van der Waals surface area contributed by atoms with Crippen LogP contribution in [0.3, 0.4) is 0 Å². The third kappa shape index (κ3) is 6.13. The Hall–Kier alpha value is -3.80. The summed E-state index contributed by atoms with van der Waals surface area (Å²) in [7, 11) is 1.67. The first-order valence-corrected chi connectivity index (χ1v) is 12.6. The van der Waals surface area contributed by atoms with Gasteiger partial charge < -0.3 is 19.1 Å². The van der Waals surface area contributed by atoms with Crippen molar-refractivity contribution in [3.63, 3.8) is 0 Å². The molecule has 2 aliphatic heterocycles. The molecule has 2 saturated heterocycles. The van der Waals surface area contributed by atoms with Gasteiger partial charge in [-0.3, -0.25) is 4.79 Å². The van der Waals surface area contributed by atoms with Gasteiger partial charge in [-0.05, 0) is 35.4 Å². The van der Waals surface area contributed by atoms with Gasteiger partial charge in [0, 0.05) is 51.2 Å². The van der Waals surface area contributed by atoms with Crippen LogP contribution in [0.15, 0.2) is 54.7 Å². The van der Waals surface area contributed by atoms with Crippen LogP contribution in [0.1, 0.15) is 35.4 Å². The zero-order valence-electron chi connectivity index (χ0n) is 20.9. The molecule has 3 heterocycles. The maximum Gasteiger partial charge on any atom is 0.227 e. The van der Waals surface area contributed by atoms with E-state index in [1.807, 2.05) is 53.4 Å². The maximum absolute atomic E-state index is 12.5. The fourth-order valence-corrected chi connectivity index (χ4v) is 4.61. The molecule has 190 valence electrons. The second kappa shape index (κ2) is 11.5. The zero-order valence-corrected chi connectivity index (χ0v) is 20.9. The number of carbonyl (C=O) groups is 1. The fraction of sp³-hybridized carbons (Fsp3) is 0.379. The van der Waals surface area contributed by atoms with Crippen molar-refractivity contribution >= 4 is 5.91 Å². The number of methoxy groups -OCH3 is 1. The fourth-order valence-electron chi connectivity index (χ4n) is 4.61. The van der Waals surface area contributed by atoms with Crippen molar-refractivity contribution in [1.29, 1.82) is 5.26 Å². The molecule has 1 aromatic heterocycles. The van der Waals surface area contributed by atoms with Gasteiger partial charge in [0.2, 0.25) is 5.91 Å². The third-order valence-electron chi connectivity index (χ3n) is 6.81. The van der Waals surface area contributed by atoms with Crippen LogP contribution in [0.2, 0.25) is 0 Å². The number of likely N-dealkylation sites (tertiary alicyclic amines) is 1. The summed E-state index contributed by atoms with van der Waals surface area (Å²) in [5.41, 5.74) is 4.08. The number of benzene rings is 2. The molecule has 0 spiro atoms. The maximum atomic E-state index is 12.5. The van der Waals surface area contributed by atoms with Gasteiger partial charge in [-0.15, -0.1) is 0 Å². The monoisotopic (exact) mass is 498 g/mol. The van der Waals surface area contributed by atoms with Crippen LogP contribution in [0.25, 0.3) is 11.3 Å². The quantitative estimate of drug-likeness (QED) is 0.468. The molecule has 5 rings (SSSR count). The van der Waals surface area contributed by atoms with Crippen LogP contribution in [0, 0.1) is 11.3 Å². The second-order valence-corrected chi connectivity index (χ2v) is 9.44. The van der Waals surface area contributed by atoms with Gasteiger partial charge in [0.05, 0.1) is 37.0 Å². The number of aromatic nitrogens is 2. The summed E-state index contributed by atoms with van der Waals surface area (Å²) in [5.74, 6) is 1.38. The van der Waals surface area contributed by atoms with E-state index in [2.05, 4.69) is 11.1 Å². The summed E-state index contributed by atoms with van der Waals surface area (Å²) in [4.78, 5) is 23.6. The SMILES string of the molecule is COC1CN(C(=O)Cc2cccc(Cc3nccc(-c4ccc(OC5CCOCC5)c(C#N)c4)n3)c2)C1. The highest BCUT2D eigenvalue weighted by molar-refractivity contribution is 5.79. The number of hydrogen-bond donors (Lipinski definition) is 0. The number of rotatable bonds is 8. The van der Waals surface area contributed by atoms with Crippen molar-refractivity contribution in [2.24, 2.45) is 0 Å². The largest absolute Gasteiger partial charge is 0.489 e. The molecule has 2 aliphatic rings. The summed E-state index contributed by atoms with van der Waals surface area (Å²) in [6.45, 7) is 2.68. The molecular weight excluding hydrogens is 468 g/mol. The van der Waals surface area contributed by atoms with Gasteiger partial charge >= 0.3 is 0 Å². The van der Waals surface area contributed by atoms with Crippen LogP contribution in [0.4, 0.5) is 0 Å². The standard InChI is InChI=1S/C29H30N4O4/c1-35-25-18-33(19-25)29(34)15-21-4-2-3-20(13-21)14-28-31-10-7-26(32-28)22-5-6-27(23(16-22)17-30)37-24-8-11-36-12-9-24/h2-7,10,13,16,24-25H,8-9,11-12,14-15,18-19H2,1H3. The summed E-state index contributed by atoms with van der Waals surface area (Å²) >= 11 is 0. The molecule has 0 atom stereocenters. The lowest BCUT2D eigenvalue weighted by Gasteiger charge is -2.38. The van der Waals surface area contributed by atoms with Crippen molar-refractivity contribution < 1.29 is 19.0 Å². The van der Waals surface area contributed by atoms with E-state index in [-0.39, 0.29) is 18.1 Å². The Morgan fingerprint density at radius 2 is 1.92 bits per heavy atom. The van der Waals surface area contributed by atoms with Gasteiger partial charge in [-0.25, -0.2) is 9.97 Å². The van der Waals surface area contributed by atoms with Gasteiger partial charge in [0.15, 0.2) is 0 Å². The predicted molar refractivity (Wildman–Crippen MR) is 137 cm³/mol. The van der Waals surface area contributed by atoms with Crippen molar-refractivity contribution in [1.82, 2.24) is 14.9 Å². The molecule has 8 heteroatoms. The van der Waals surface area contributed by atoms with Crippen LogP contribution >= 0.6 is 0 Å². The number of carbonyl (C=O) groups excluding carboxylic acids is 1. The van der Waals surface area contributed by atoms with Crippen molar-refractivity contribution in [2.45, 2.75) is 37.9 Å². The normalized spacial score (nSPS) is 16.2. The lowest BCUT2D eigenvalue weighted by atomic mass is 10.0. The van der Waals surface area contributed by atoms with Crippen molar-refractivity contribution in [3.05, 3.63) is 77.2 Å². The lowest BCUT2D eigenvalue weighted by molar-refractivity contribution is -0.142. The molecule has 2 fully saturated rings. The van der Waals surface area contributed by atoms with Crippen LogP contribution < -0.4 is 4.74 Å². The second-order valence-electron chi connectivity index (χ2n) is 9.44. The smallest absolute Gasteiger partial charge is 0.227 e. The minimum absolute atomic E-state index is 0.0663. The number of nitrogens with zero attached hydrogens (tertiary/aromatic N) is 4. The molecule has 0 radical (unpaired) electrons. The van der Waals surface area contributed by atoms with Crippen molar-refractivity contribution in [3.8, 4) is 23.1 Å². The minimum Gasteiger partial charge on any atom is -0.489 e. The zero-order chi connectivity index (χ0) is 25.6. The minimum atomic E-state index is 0.0663. The van der Waals surface area contributed by atoms with E-state index in [9.17, 15) is 10.1 Å². The van der Waals surface area contributed by atoms with E-state index >= 15 is 0 Å². The first kappa shape index (κ1) is 24.9. The molecule has 0 unspecified atom stereocenters. The Balaban J connectivity index is 1.26. The number of hydrogen-bond acceptors (Lipinski definition) is 7. The molecule has 37 heavy (non-hydrogen) atoms. The molecule has 0 bridgehead atoms. The molecule has 3 aromatic rings. The van der Waals surface area contributed by atoms with Crippen LogP contribution in [-0.2, 0) is 27.1 Å². The topological polar surface area (TPSA) is 97.6 Å². The Morgan fingerprint density at radius 3 is 2.70 bits per heavy atom. The van der Waals surface area contributed by atoms with Gasteiger partial charge in [0.1, 0.15) is 23.7 Å². The Labute approximate surface area is 216 Å². The third-order valence-corrected chi connectivity index (χ3v) is 6.81. The predicted octanol–water partition coefficient (Wildman–Crippen LogP) is 3.56. The number of amides is 1. The molecule has 0 saturated carbocycles. The van der Waals surface area contributed by atoms with E-state index in [1.54, 1.807) is 13.3 Å². The Morgan fingerprint density at radius 1 is 1.11 bits per heavy atom. The average Bonchev–Trinajstić information content (AvgIpc) is 2.89. The van der Waals surface area contributed by atoms with Gasteiger partial charge in [0.25, 0.3) is 0 Å². The Kier molecular flexibility index (Phi) is 7.73. The van der Waals surface area contributed by atoms with Gasteiger partial charge in [-0.1, -0.05) is 24.3 Å². The van der Waals surface area contributed by atoms with E-state index < -0.39 is 0 Å². The number of nitriles is 1. The first-order valence-electron chi connectivity index (χ1n) is 12.6. The number of ether oxygens (including phenoxy) is 3. The summed E-state index contributed by atoms with van der Waals surface area (Å²) in [6, 6.07) is 17.7. The summed E-state index contributed by atoms with van der Waals surface area (Å²) in [6.07, 6.45) is 4.51. The highest BCUT2D eigenvalue weighted by Crippen LogP contribution is 2.28. The molecule has 1 amide bonds. The van der Waals surface area contributed by atoms with Crippen LogP contribution in [-0.4, -0.2) is 66.4 Å². The summed E-state index contributed by atoms with van der Waals surface area (Å²) in [5, 5.41) is 9.72. The molecule has 2 aromatic carbocycles. The molecule has 0 aliphatic carbocycles. The first-order chi connectivity index (χ1) is 18.1.